The quantitative estimate of drug-likeness (QED) is 0.942. The smallest absolute Gasteiger partial charge is 0.287 e. The van der Waals surface area contributed by atoms with Crippen molar-refractivity contribution in [2.24, 2.45) is 0 Å². The number of carbonyl (C=O) groups excluding carboxylic acids is 1. The second-order valence-electron chi connectivity index (χ2n) is 5.31. The zero-order valence-corrected chi connectivity index (χ0v) is 12.6. The van der Waals surface area contributed by atoms with Crippen molar-refractivity contribution in [1.29, 1.82) is 0 Å². The summed E-state index contributed by atoms with van der Waals surface area (Å²) in [4.78, 5) is 18.0. The highest BCUT2D eigenvalue weighted by molar-refractivity contribution is 6.07. The van der Waals surface area contributed by atoms with Gasteiger partial charge in [0.05, 0.1) is 26.4 Å². The average Bonchev–Trinajstić information content (AvgIpc) is 3.10. The van der Waals surface area contributed by atoms with E-state index in [1.165, 1.54) is 12.8 Å². The Morgan fingerprint density at radius 3 is 2.59 bits per heavy atom. The van der Waals surface area contributed by atoms with Gasteiger partial charge in [-0.2, -0.15) is 0 Å². The number of amides is 1. The Labute approximate surface area is 129 Å². The second-order valence-corrected chi connectivity index (χ2v) is 5.31. The summed E-state index contributed by atoms with van der Waals surface area (Å²) in [5, 5.41) is 2.93. The van der Waals surface area contributed by atoms with Crippen LogP contribution in [0.2, 0.25) is 0 Å². The monoisotopic (exact) mass is 298 g/mol. The first-order valence-electron chi connectivity index (χ1n) is 7.49. The maximum atomic E-state index is 12.6. The highest BCUT2D eigenvalue weighted by Gasteiger charge is 2.26. The lowest BCUT2D eigenvalue weighted by Crippen LogP contribution is -2.29. The van der Waals surface area contributed by atoms with Gasteiger partial charge in [-0.3, -0.25) is 9.69 Å². The van der Waals surface area contributed by atoms with Gasteiger partial charge in [-0.25, -0.2) is 4.98 Å². The third-order valence-electron chi connectivity index (χ3n) is 3.85. The molecule has 1 saturated heterocycles. The molecular formula is C17H20N3O2+. The van der Waals surface area contributed by atoms with Gasteiger partial charge in [-0.1, -0.05) is 0 Å². The maximum Gasteiger partial charge on any atom is 0.287 e. The molecule has 0 atom stereocenters. The van der Waals surface area contributed by atoms with Crippen LogP contribution in [0.25, 0.3) is 0 Å². The zero-order chi connectivity index (χ0) is 15.4. The van der Waals surface area contributed by atoms with Crippen LogP contribution >= 0.6 is 0 Å². The number of rotatable bonds is 4. The molecular weight excluding hydrogens is 278 g/mol. The number of nitrogens with zero attached hydrogens (tertiary/aromatic N) is 1. The van der Waals surface area contributed by atoms with Crippen molar-refractivity contribution in [1.82, 2.24) is 0 Å². The van der Waals surface area contributed by atoms with Gasteiger partial charge in [0, 0.05) is 5.69 Å². The fourth-order valence-electron chi connectivity index (χ4n) is 2.69. The van der Waals surface area contributed by atoms with Crippen molar-refractivity contribution in [3.05, 3.63) is 48.2 Å². The van der Waals surface area contributed by atoms with E-state index in [-0.39, 0.29) is 5.91 Å². The zero-order valence-electron chi connectivity index (χ0n) is 12.6. The van der Waals surface area contributed by atoms with Crippen molar-refractivity contribution in [3.63, 3.8) is 0 Å². The molecule has 22 heavy (non-hydrogen) atoms. The SMILES string of the molecule is COc1ccc(NC(=O)c2ccc[nH+]c2N2CCCC2)cc1. The van der Waals surface area contributed by atoms with Crippen LogP contribution in [-0.4, -0.2) is 26.1 Å². The van der Waals surface area contributed by atoms with E-state index in [1.807, 2.05) is 42.6 Å². The molecule has 3 rings (SSSR count). The van der Waals surface area contributed by atoms with E-state index >= 15 is 0 Å². The van der Waals surface area contributed by atoms with E-state index in [9.17, 15) is 4.79 Å². The van der Waals surface area contributed by atoms with Gasteiger partial charge in [-0.15, -0.1) is 0 Å². The first-order chi connectivity index (χ1) is 10.8. The van der Waals surface area contributed by atoms with E-state index in [1.54, 1.807) is 7.11 Å². The molecule has 1 fully saturated rings. The minimum absolute atomic E-state index is 0.107. The second kappa shape index (κ2) is 6.47. The lowest BCUT2D eigenvalue weighted by atomic mass is 10.2. The van der Waals surface area contributed by atoms with Gasteiger partial charge in [0.15, 0.2) is 0 Å². The van der Waals surface area contributed by atoms with Crippen molar-refractivity contribution in [3.8, 4) is 5.75 Å². The third-order valence-corrected chi connectivity index (χ3v) is 3.85. The molecule has 5 heteroatoms. The summed E-state index contributed by atoms with van der Waals surface area (Å²) in [6.07, 6.45) is 4.20. The number of carbonyl (C=O) groups is 1. The minimum Gasteiger partial charge on any atom is -0.497 e. The minimum atomic E-state index is -0.107. The molecule has 2 N–H and O–H groups in total. The first kappa shape index (κ1) is 14.4. The largest absolute Gasteiger partial charge is 0.497 e. The van der Waals surface area contributed by atoms with Gasteiger partial charge in [0.1, 0.15) is 11.3 Å². The number of benzene rings is 1. The van der Waals surface area contributed by atoms with E-state index < -0.39 is 0 Å². The van der Waals surface area contributed by atoms with Crippen LogP contribution in [0, 0.1) is 0 Å². The molecule has 1 aromatic heterocycles. The van der Waals surface area contributed by atoms with E-state index in [0.717, 1.165) is 30.3 Å². The molecule has 1 aliphatic heterocycles. The number of hydrogen-bond acceptors (Lipinski definition) is 3. The standard InChI is InChI=1S/C17H19N3O2/c1-22-14-8-6-13(7-9-14)19-17(21)15-5-4-10-18-16(15)20-11-2-3-12-20/h4-10H,2-3,11-12H2,1H3,(H,19,21)/p+1. The van der Waals surface area contributed by atoms with Crippen LogP contribution in [0.4, 0.5) is 11.5 Å². The van der Waals surface area contributed by atoms with Gasteiger partial charge in [0.2, 0.25) is 0 Å². The van der Waals surface area contributed by atoms with Crippen LogP contribution in [-0.2, 0) is 0 Å². The summed E-state index contributed by atoms with van der Waals surface area (Å²) in [6, 6.07) is 11.0. The van der Waals surface area contributed by atoms with E-state index in [0.29, 0.717) is 5.56 Å². The number of aromatic amines is 1. The molecule has 114 valence electrons. The Balaban J connectivity index is 1.79. The van der Waals surface area contributed by atoms with Crippen LogP contribution < -0.4 is 19.9 Å². The molecule has 5 nitrogen and oxygen atoms in total. The molecule has 0 radical (unpaired) electrons. The van der Waals surface area contributed by atoms with Crippen LogP contribution in [0.15, 0.2) is 42.6 Å². The Morgan fingerprint density at radius 2 is 1.91 bits per heavy atom. The molecule has 0 spiro atoms. The van der Waals surface area contributed by atoms with E-state index in [4.69, 9.17) is 4.74 Å². The topological polar surface area (TPSA) is 55.7 Å². The van der Waals surface area contributed by atoms with Crippen molar-refractivity contribution in [2.45, 2.75) is 12.8 Å². The van der Waals surface area contributed by atoms with Crippen molar-refractivity contribution < 1.29 is 14.5 Å². The predicted molar refractivity (Wildman–Crippen MR) is 85.4 cm³/mol. The Morgan fingerprint density at radius 1 is 1.18 bits per heavy atom. The first-order valence-corrected chi connectivity index (χ1v) is 7.49. The Kier molecular flexibility index (Phi) is 4.23. The highest BCUT2D eigenvalue weighted by Crippen LogP contribution is 2.21. The highest BCUT2D eigenvalue weighted by atomic mass is 16.5. The lowest BCUT2D eigenvalue weighted by Gasteiger charge is -2.12. The van der Waals surface area contributed by atoms with Crippen LogP contribution in [0.3, 0.4) is 0 Å². The van der Waals surface area contributed by atoms with Gasteiger partial charge >= 0.3 is 0 Å². The molecule has 0 bridgehead atoms. The summed E-state index contributed by atoms with van der Waals surface area (Å²) in [7, 11) is 1.62. The Bertz CT molecular complexity index is 649. The summed E-state index contributed by atoms with van der Waals surface area (Å²) in [5.41, 5.74) is 1.42. The Hall–Kier alpha value is -2.56. The summed E-state index contributed by atoms with van der Waals surface area (Å²) < 4.78 is 5.12. The van der Waals surface area contributed by atoms with E-state index in [2.05, 4.69) is 15.2 Å². The molecule has 0 unspecified atom stereocenters. The van der Waals surface area contributed by atoms with Gasteiger partial charge < -0.3 is 10.1 Å². The number of anilines is 2. The van der Waals surface area contributed by atoms with Gasteiger partial charge in [-0.05, 0) is 49.2 Å². The molecule has 2 aromatic rings. The fraction of sp³-hybridized carbons (Fsp3) is 0.294. The molecule has 1 aromatic carbocycles. The van der Waals surface area contributed by atoms with Gasteiger partial charge in [0.25, 0.3) is 11.7 Å². The molecule has 0 saturated carbocycles. The normalized spacial score (nSPS) is 14.0. The summed E-state index contributed by atoms with van der Waals surface area (Å²) >= 11 is 0. The van der Waals surface area contributed by atoms with Crippen LogP contribution in [0.1, 0.15) is 23.2 Å². The number of ether oxygens (including phenoxy) is 1. The number of pyridine rings is 1. The molecule has 1 amide bonds. The number of hydrogen-bond donors (Lipinski definition) is 1. The number of methoxy groups -OCH3 is 1. The van der Waals surface area contributed by atoms with Crippen LogP contribution in [0.5, 0.6) is 5.75 Å². The average molecular weight is 298 g/mol. The number of aromatic nitrogens is 1. The van der Waals surface area contributed by atoms with Crippen molar-refractivity contribution in [2.75, 3.05) is 30.4 Å². The predicted octanol–water partition coefficient (Wildman–Crippen LogP) is 2.36. The number of H-pyrrole nitrogens is 1. The summed E-state index contributed by atoms with van der Waals surface area (Å²) in [5.74, 6) is 1.55. The summed E-state index contributed by atoms with van der Waals surface area (Å²) in [6.45, 7) is 1.98. The third kappa shape index (κ3) is 3.03. The lowest BCUT2D eigenvalue weighted by molar-refractivity contribution is -0.364. The van der Waals surface area contributed by atoms with Crippen molar-refractivity contribution >= 4 is 17.4 Å². The maximum absolute atomic E-state index is 12.6. The fourth-order valence-corrected chi connectivity index (χ4v) is 2.69. The molecule has 1 aliphatic rings. The molecule has 2 heterocycles. The molecule has 0 aliphatic carbocycles. The number of nitrogens with one attached hydrogen (secondary N) is 2.